The van der Waals surface area contributed by atoms with Gasteiger partial charge in [0.15, 0.2) is 4.80 Å². The number of aromatic nitrogens is 2. The number of halogens is 1. The van der Waals surface area contributed by atoms with Crippen LogP contribution in [0.5, 0.6) is 5.75 Å². The Balaban J connectivity index is 2.06. The van der Waals surface area contributed by atoms with E-state index in [4.69, 9.17) is 14.5 Å². The Morgan fingerprint density at radius 2 is 2.00 bits per heavy atom. The van der Waals surface area contributed by atoms with Crippen molar-refractivity contribution in [3.8, 4) is 5.75 Å². The van der Waals surface area contributed by atoms with E-state index in [1.165, 1.54) is 11.3 Å². The van der Waals surface area contributed by atoms with E-state index in [0.29, 0.717) is 38.3 Å². The summed E-state index contributed by atoms with van der Waals surface area (Å²) in [5.41, 5.74) is 2.30. The number of nitrogens with zero attached hydrogens (tertiary/aromatic N) is 3. The van der Waals surface area contributed by atoms with Crippen molar-refractivity contribution >= 4 is 39.3 Å². The third-order valence-corrected chi connectivity index (χ3v) is 6.86. The number of hydrogen-bond donors (Lipinski definition) is 0. The third-order valence-electron chi connectivity index (χ3n) is 5.38. The molecule has 2 aromatic heterocycles. The van der Waals surface area contributed by atoms with Crippen LogP contribution in [0.25, 0.3) is 6.08 Å². The number of methoxy groups -OCH3 is 1. The fourth-order valence-corrected chi connectivity index (χ4v) is 5.34. The van der Waals surface area contributed by atoms with Crippen molar-refractivity contribution in [2.24, 2.45) is 4.99 Å². The van der Waals surface area contributed by atoms with Crippen LogP contribution < -0.4 is 19.6 Å². The van der Waals surface area contributed by atoms with Crippen molar-refractivity contribution in [3.63, 3.8) is 0 Å². The molecule has 3 heterocycles. The van der Waals surface area contributed by atoms with E-state index >= 15 is 0 Å². The maximum Gasteiger partial charge on any atom is 0.338 e. The van der Waals surface area contributed by atoms with Crippen LogP contribution >= 0.6 is 27.3 Å². The maximum atomic E-state index is 13.7. The van der Waals surface area contributed by atoms with Crippen molar-refractivity contribution in [2.45, 2.75) is 32.7 Å². The van der Waals surface area contributed by atoms with Crippen molar-refractivity contribution < 1.29 is 14.3 Å². The van der Waals surface area contributed by atoms with Gasteiger partial charge in [-0.1, -0.05) is 40.6 Å². The SMILES string of the molecule is CCCC1=C(C(=O)OCC)[C@H](c2cc(Br)ccc2OC)n2c(s/c(=C/c3ccncc3)c2=O)=N1. The summed E-state index contributed by atoms with van der Waals surface area (Å²) >= 11 is 4.82. The third kappa shape index (κ3) is 4.63. The van der Waals surface area contributed by atoms with Gasteiger partial charge >= 0.3 is 5.97 Å². The normalized spacial score (nSPS) is 15.6. The molecule has 0 bridgehead atoms. The fraction of sp³-hybridized carbons (Fsp3) is 0.280. The Bertz CT molecular complexity index is 1430. The van der Waals surface area contributed by atoms with E-state index in [-0.39, 0.29) is 12.2 Å². The maximum absolute atomic E-state index is 13.7. The minimum atomic E-state index is -0.733. The second-order valence-electron chi connectivity index (χ2n) is 7.58. The molecule has 0 spiro atoms. The van der Waals surface area contributed by atoms with Crippen molar-refractivity contribution in [1.29, 1.82) is 0 Å². The first-order valence-corrected chi connectivity index (χ1v) is 12.5. The smallest absolute Gasteiger partial charge is 0.338 e. The monoisotopic (exact) mass is 541 g/mol. The van der Waals surface area contributed by atoms with Crippen molar-refractivity contribution in [2.75, 3.05) is 13.7 Å². The molecule has 1 aliphatic heterocycles. The molecule has 0 saturated carbocycles. The minimum Gasteiger partial charge on any atom is -0.496 e. The number of carbonyl (C=O) groups excluding carboxylic acids is 1. The van der Waals surface area contributed by atoms with Crippen LogP contribution in [-0.2, 0) is 9.53 Å². The highest BCUT2D eigenvalue weighted by atomic mass is 79.9. The predicted octanol–water partition coefficient (Wildman–Crippen LogP) is 3.74. The molecule has 0 radical (unpaired) electrons. The van der Waals surface area contributed by atoms with Gasteiger partial charge in [-0.25, -0.2) is 9.79 Å². The summed E-state index contributed by atoms with van der Waals surface area (Å²) in [7, 11) is 1.57. The molecule has 0 saturated heterocycles. The molecular weight excluding hydrogens is 518 g/mol. The summed E-state index contributed by atoms with van der Waals surface area (Å²) in [5, 5.41) is 0. The summed E-state index contributed by atoms with van der Waals surface area (Å²) in [6, 6.07) is 8.48. The first-order valence-electron chi connectivity index (χ1n) is 10.9. The molecule has 176 valence electrons. The van der Waals surface area contributed by atoms with Gasteiger partial charge in [0.2, 0.25) is 0 Å². The summed E-state index contributed by atoms with van der Waals surface area (Å²) in [4.78, 5) is 36.3. The zero-order chi connectivity index (χ0) is 24.2. The first-order chi connectivity index (χ1) is 16.5. The molecule has 9 heteroatoms. The van der Waals surface area contributed by atoms with Gasteiger partial charge in [-0.15, -0.1) is 0 Å². The quantitative estimate of drug-likeness (QED) is 0.425. The highest BCUT2D eigenvalue weighted by Gasteiger charge is 2.36. The van der Waals surface area contributed by atoms with Crippen LogP contribution in [0.4, 0.5) is 0 Å². The van der Waals surface area contributed by atoms with Gasteiger partial charge in [-0.2, -0.15) is 0 Å². The number of ether oxygens (including phenoxy) is 2. The molecular formula is C25H24BrN3O4S. The standard InChI is InChI=1S/C25H24BrN3O4S/c1-4-6-18-21(24(31)33-5-2)22(17-14-16(26)7-8-19(17)32-3)29-23(30)20(34-25(29)28-18)13-15-9-11-27-12-10-15/h7-14,22H,4-6H2,1-3H3/b20-13+/t22-/m0/s1. The molecule has 4 rings (SSSR count). The molecule has 7 nitrogen and oxygen atoms in total. The number of benzene rings is 1. The Kier molecular flexibility index (Phi) is 7.43. The Hall–Kier alpha value is -3.04. The van der Waals surface area contributed by atoms with Crippen molar-refractivity contribution in [3.05, 3.63) is 89.3 Å². The molecule has 34 heavy (non-hydrogen) atoms. The molecule has 0 unspecified atom stereocenters. The van der Waals surface area contributed by atoms with Crippen LogP contribution in [0.3, 0.4) is 0 Å². The average Bonchev–Trinajstić information content (AvgIpc) is 3.13. The molecule has 0 amide bonds. The zero-order valence-electron chi connectivity index (χ0n) is 19.1. The lowest BCUT2D eigenvalue weighted by Crippen LogP contribution is -2.40. The Labute approximate surface area is 209 Å². The van der Waals surface area contributed by atoms with Crippen LogP contribution in [0.15, 0.2) is 68.3 Å². The van der Waals surface area contributed by atoms with E-state index in [9.17, 15) is 9.59 Å². The first kappa shape index (κ1) is 24.1. The molecule has 3 aromatic rings. The number of thiazole rings is 1. The van der Waals surface area contributed by atoms with Crippen LogP contribution in [0, 0.1) is 0 Å². The lowest BCUT2D eigenvalue weighted by Gasteiger charge is -2.27. The molecule has 0 fully saturated rings. The van der Waals surface area contributed by atoms with Gasteiger partial charge in [0, 0.05) is 22.4 Å². The Morgan fingerprint density at radius 3 is 2.68 bits per heavy atom. The van der Waals surface area contributed by atoms with E-state index in [0.717, 1.165) is 16.5 Å². The topological polar surface area (TPSA) is 82.8 Å². The van der Waals surface area contributed by atoms with E-state index in [1.807, 2.05) is 43.3 Å². The lowest BCUT2D eigenvalue weighted by atomic mass is 9.93. The molecule has 1 aromatic carbocycles. The second kappa shape index (κ2) is 10.5. The molecule has 0 N–H and O–H groups in total. The lowest BCUT2D eigenvalue weighted by molar-refractivity contribution is -0.139. The number of pyridine rings is 1. The van der Waals surface area contributed by atoms with Crippen LogP contribution in [0.1, 0.15) is 43.9 Å². The number of carbonyl (C=O) groups is 1. The number of hydrogen-bond acceptors (Lipinski definition) is 7. The summed E-state index contributed by atoms with van der Waals surface area (Å²) < 4.78 is 14.0. The summed E-state index contributed by atoms with van der Waals surface area (Å²) in [5.74, 6) is 0.0848. The number of esters is 1. The predicted molar refractivity (Wildman–Crippen MR) is 135 cm³/mol. The van der Waals surface area contributed by atoms with Crippen LogP contribution in [0.2, 0.25) is 0 Å². The van der Waals surface area contributed by atoms with E-state index in [2.05, 4.69) is 20.9 Å². The van der Waals surface area contributed by atoms with E-state index < -0.39 is 12.0 Å². The average molecular weight is 542 g/mol. The molecule has 1 atom stereocenters. The van der Waals surface area contributed by atoms with Gasteiger partial charge in [0.05, 0.1) is 29.5 Å². The van der Waals surface area contributed by atoms with Gasteiger partial charge in [0.1, 0.15) is 11.8 Å². The number of allylic oxidation sites excluding steroid dienone is 1. The van der Waals surface area contributed by atoms with Gasteiger partial charge in [0.25, 0.3) is 5.56 Å². The fourth-order valence-electron chi connectivity index (χ4n) is 3.95. The minimum absolute atomic E-state index is 0.219. The summed E-state index contributed by atoms with van der Waals surface area (Å²) in [6.45, 7) is 4.01. The molecule has 1 aliphatic rings. The highest BCUT2D eigenvalue weighted by molar-refractivity contribution is 9.10. The molecule has 0 aliphatic carbocycles. The Morgan fingerprint density at radius 1 is 1.24 bits per heavy atom. The van der Waals surface area contributed by atoms with Gasteiger partial charge in [-0.05, 0) is 55.3 Å². The number of fused-ring (bicyclic) bond motifs is 1. The largest absolute Gasteiger partial charge is 0.496 e. The van der Waals surface area contributed by atoms with Gasteiger partial charge < -0.3 is 9.47 Å². The van der Waals surface area contributed by atoms with E-state index in [1.54, 1.807) is 31.0 Å². The van der Waals surface area contributed by atoms with Crippen LogP contribution in [-0.4, -0.2) is 29.2 Å². The second-order valence-corrected chi connectivity index (χ2v) is 9.51. The summed E-state index contributed by atoms with van der Waals surface area (Å²) in [6.07, 6.45) is 6.53. The number of rotatable bonds is 7. The van der Waals surface area contributed by atoms with Gasteiger partial charge in [-0.3, -0.25) is 14.3 Å². The zero-order valence-corrected chi connectivity index (χ0v) is 21.5. The van der Waals surface area contributed by atoms with Crippen molar-refractivity contribution in [1.82, 2.24) is 9.55 Å². The highest BCUT2D eigenvalue weighted by Crippen LogP contribution is 2.38.